The Morgan fingerprint density at radius 3 is 3.00 bits per heavy atom. The minimum absolute atomic E-state index is 0.466. The summed E-state index contributed by atoms with van der Waals surface area (Å²) in [6.45, 7) is 3.20. The van der Waals surface area contributed by atoms with Crippen molar-refractivity contribution < 1.29 is 4.74 Å². The summed E-state index contributed by atoms with van der Waals surface area (Å²) in [5, 5.41) is 5.89. The van der Waals surface area contributed by atoms with Gasteiger partial charge in [0, 0.05) is 23.6 Å². The molecule has 3 unspecified atom stereocenters. The van der Waals surface area contributed by atoms with E-state index < -0.39 is 0 Å². The molecule has 0 spiro atoms. The molecule has 1 aromatic heterocycles. The highest BCUT2D eigenvalue weighted by atomic mass is 32.1. The Morgan fingerprint density at radius 2 is 2.31 bits per heavy atom. The monoisotopic (exact) mass is 237 g/mol. The van der Waals surface area contributed by atoms with Crippen LogP contribution in [0.1, 0.15) is 37.1 Å². The Labute approximate surface area is 101 Å². The zero-order valence-corrected chi connectivity index (χ0v) is 10.5. The molecule has 1 saturated heterocycles. The maximum Gasteiger partial charge on any atom is 0.0757 e. The molecule has 0 bridgehead atoms. The van der Waals surface area contributed by atoms with Crippen molar-refractivity contribution >= 4 is 11.3 Å². The van der Waals surface area contributed by atoms with Gasteiger partial charge in [0.2, 0.25) is 0 Å². The maximum absolute atomic E-state index is 5.85. The van der Waals surface area contributed by atoms with Gasteiger partial charge in [-0.2, -0.15) is 0 Å². The quantitative estimate of drug-likeness (QED) is 0.869. The lowest BCUT2D eigenvalue weighted by atomic mass is 10.1. The van der Waals surface area contributed by atoms with Crippen molar-refractivity contribution in [1.82, 2.24) is 5.32 Å². The molecule has 2 heterocycles. The van der Waals surface area contributed by atoms with Crippen LogP contribution in [0.3, 0.4) is 0 Å². The molecular formula is C13H19NOS. The second-order valence-electron chi connectivity index (χ2n) is 4.97. The summed E-state index contributed by atoms with van der Waals surface area (Å²) >= 11 is 1.84. The van der Waals surface area contributed by atoms with E-state index in [1.54, 1.807) is 0 Å². The van der Waals surface area contributed by atoms with E-state index in [4.69, 9.17) is 4.74 Å². The standard InChI is InChI=1S/C13H19NOS/c1-9(12-3-2-8-16-12)14-11-6-7-15-13(11)10-4-5-10/h2-3,8-11,13-14H,4-7H2,1H3. The largest absolute Gasteiger partial charge is 0.376 e. The van der Waals surface area contributed by atoms with Gasteiger partial charge in [-0.3, -0.25) is 0 Å². The van der Waals surface area contributed by atoms with E-state index in [0.29, 0.717) is 18.2 Å². The summed E-state index contributed by atoms with van der Waals surface area (Å²) in [5.74, 6) is 0.843. The summed E-state index contributed by atoms with van der Waals surface area (Å²) in [6.07, 6.45) is 4.41. The molecular weight excluding hydrogens is 218 g/mol. The van der Waals surface area contributed by atoms with E-state index in [-0.39, 0.29) is 0 Å². The Balaban J connectivity index is 1.61. The number of ether oxygens (including phenoxy) is 1. The van der Waals surface area contributed by atoms with Gasteiger partial charge < -0.3 is 10.1 Å². The molecule has 2 fully saturated rings. The van der Waals surface area contributed by atoms with Crippen molar-refractivity contribution in [3.8, 4) is 0 Å². The fourth-order valence-electron chi connectivity index (χ4n) is 2.62. The normalized spacial score (nSPS) is 31.8. The van der Waals surface area contributed by atoms with Gasteiger partial charge in [-0.05, 0) is 43.6 Å². The highest BCUT2D eigenvalue weighted by Gasteiger charge is 2.40. The third-order valence-corrected chi connectivity index (χ3v) is 4.71. The third kappa shape index (κ3) is 2.17. The molecule has 1 aromatic rings. The van der Waals surface area contributed by atoms with Crippen molar-refractivity contribution in [3.63, 3.8) is 0 Å². The number of rotatable bonds is 4. The summed E-state index contributed by atoms with van der Waals surface area (Å²) in [7, 11) is 0. The van der Waals surface area contributed by atoms with Crippen LogP contribution in [-0.2, 0) is 4.74 Å². The Kier molecular flexibility index (Phi) is 3.01. The summed E-state index contributed by atoms with van der Waals surface area (Å²) in [5.41, 5.74) is 0. The van der Waals surface area contributed by atoms with Gasteiger partial charge in [0.05, 0.1) is 6.10 Å². The SMILES string of the molecule is CC(NC1CCOC1C1CC1)c1cccs1. The van der Waals surface area contributed by atoms with Crippen molar-refractivity contribution in [2.45, 2.75) is 44.4 Å². The number of hydrogen-bond acceptors (Lipinski definition) is 3. The lowest BCUT2D eigenvalue weighted by Crippen LogP contribution is -2.38. The van der Waals surface area contributed by atoms with E-state index >= 15 is 0 Å². The summed E-state index contributed by atoms with van der Waals surface area (Å²) in [6, 6.07) is 5.38. The minimum atomic E-state index is 0.466. The van der Waals surface area contributed by atoms with E-state index in [0.717, 1.165) is 12.5 Å². The molecule has 0 aromatic carbocycles. The van der Waals surface area contributed by atoms with Gasteiger partial charge in [0.15, 0.2) is 0 Å². The Morgan fingerprint density at radius 1 is 1.44 bits per heavy atom. The first-order chi connectivity index (χ1) is 7.84. The van der Waals surface area contributed by atoms with Crippen LogP contribution in [-0.4, -0.2) is 18.8 Å². The van der Waals surface area contributed by atoms with Crippen LogP contribution in [0.2, 0.25) is 0 Å². The zero-order chi connectivity index (χ0) is 11.0. The van der Waals surface area contributed by atoms with Crippen molar-refractivity contribution in [2.75, 3.05) is 6.61 Å². The van der Waals surface area contributed by atoms with Crippen molar-refractivity contribution in [2.24, 2.45) is 5.92 Å². The molecule has 1 aliphatic heterocycles. The van der Waals surface area contributed by atoms with Crippen LogP contribution in [0, 0.1) is 5.92 Å². The van der Waals surface area contributed by atoms with Gasteiger partial charge in [-0.25, -0.2) is 0 Å². The first kappa shape index (κ1) is 10.8. The average Bonchev–Trinajstić information content (AvgIpc) is 2.83. The lowest BCUT2D eigenvalue weighted by molar-refractivity contribution is 0.0793. The van der Waals surface area contributed by atoms with Crippen LogP contribution in [0.4, 0.5) is 0 Å². The predicted molar refractivity (Wildman–Crippen MR) is 66.7 cm³/mol. The lowest BCUT2D eigenvalue weighted by Gasteiger charge is -2.23. The van der Waals surface area contributed by atoms with Gasteiger partial charge in [0.25, 0.3) is 0 Å². The molecule has 0 radical (unpaired) electrons. The first-order valence-corrected chi connectivity index (χ1v) is 7.13. The topological polar surface area (TPSA) is 21.3 Å². The first-order valence-electron chi connectivity index (χ1n) is 6.25. The van der Waals surface area contributed by atoms with Gasteiger partial charge >= 0.3 is 0 Å². The Bertz CT molecular complexity index is 334. The molecule has 3 heteroatoms. The average molecular weight is 237 g/mol. The van der Waals surface area contributed by atoms with E-state index in [1.165, 1.54) is 24.1 Å². The number of nitrogens with one attached hydrogen (secondary N) is 1. The minimum Gasteiger partial charge on any atom is -0.376 e. The van der Waals surface area contributed by atoms with E-state index in [2.05, 4.69) is 29.8 Å². The fraction of sp³-hybridized carbons (Fsp3) is 0.692. The van der Waals surface area contributed by atoms with Gasteiger partial charge in [-0.1, -0.05) is 6.07 Å². The van der Waals surface area contributed by atoms with Gasteiger partial charge in [0.1, 0.15) is 0 Å². The molecule has 1 saturated carbocycles. The molecule has 1 aliphatic carbocycles. The van der Waals surface area contributed by atoms with Crippen LogP contribution >= 0.6 is 11.3 Å². The summed E-state index contributed by atoms with van der Waals surface area (Å²) in [4.78, 5) is 1.43. The molecule has 2 nitrogen and oxygen atoms in total. The van der Waals surface area contributed by atoms with Crippen LogP contribution in [0.15, 0.2) is 17.5 Å². The molecule has 3 atom stereocenters. The fourth-order valence-corrected chi connectivity index (χ4v) is 3.36. The third-order valence-electron chi connectivity index (χ3n) is 3.66. The predicted octanol–water partition coefficient (Wildman–Crippen LogP) is 2.97. The highest BCUT2D eigenvalue weighted by Crippen LogP contribution is 2.39. The second kappa shape index (κ2) is 4.47. The maximum atomic E-state index is 5.85. The molecule has 16 heavy (non-hydrogen) atoms. The molecule has 1 N–H and O–H groups in total. The van der Waals surface area contributed by atoms with Crippen LogP contribution in [0.5, 0.6) is 0 Å². The Hall–Kier alpha value is -0.380. The van der Waals surface area contributed by atoms with Crippen LogP contribution in [0.25, 0.3) is 0 Å². The van der Waals surface area contributed by atoms with Crippen molar-refractivity contribution in [3.05, 3.63) is 22.4 Å². The number of hydrogen-bond donors (Lipinski definition) is 1. The summed E-state index contributed by atoms with van der Waals surface area (Å²) < 4.78 is 5.85. The molecule has 0 amide bonds. The smallest absolute Gasteiger partial charge is 0.0757 e. The van der Waals surface area contributed by atoms with Crippen LogP contribution < -0.4 is 5.32 Å². The van der Waals surface area contributed by atoms with E-state index in [1.807, 2.05) is 11.3 Å². The van der Waals surface area contributed by atoms with E-state index in [9.17, 15) is 0 Å². The highest BCUT2D eigenvalue weighted by molar-refractivity contribution is 7.10. The molecule has 2 aliphatic rings. The van der Waals surface area contributed by atoms with Crippen molar-refractivity contribution in [1.29, 1.82) is 0 Å². The van der Waals surface area contributed by atoms with Gasteiger partial charge in [-0.15, -0.1) is 11.3 Å². The second-order valence-corrected chi connectivity index (χ2v) is 5.95. The number of thiophene rings is 1. The molecule has 88 valence electrons. The molecule has 3 rings (SSSR count). The zero-order valence-electron chi connectivity index (χ0n) is 9.69.